The molecule has 0 aliphatic rings. The molecule has 0 atom stereocenters. The van der Waals surface area contributed by atoms with Gasteiger partial charge in [0, 0.05) is 18.1 Å². The second-order valence-electron chi connectivity index (χ2n) is 3.16. The summed E-state index contributed by atoms with van der Waals surface area (Å²) >= 11 is 0. The van der Waals surface area contributed by atoms with Crippen LogP contribution in [0.1, 0.15) is 21.1 Å². The van der Waals surface area contributed by atoms with Gasteiger partial charge in [-0.25, -0.2) is 4.79 Å². The van der Waals surface area contributed by atoms with Gasteiger partial charge in [0.15, 0.2) is 5.76 Å². The number of aromatic nitrogens is 1. The van der Waals surface area contributed by atoms with Crippen molar-refractivity contribution in [3.8, 4) is 0 Å². The third kappa shape index (κ3) is 2.49. The van der Waals surface area contributed by atoms with Crippen molar-refractivity contribution in [1.29, 1.82) is 0 Å². The van der Waals surface area contributed by atoms with Gasteiger partial charge in [0.2, 0.25) is 5.76 Å². The summed E-state index contributed by atoms with van der Waals surface area (Å²) in [5.74, 6) is -2.05. The average Bonchev–Trinajstić information content (AvgIpc) is 2.79. The van der Waals surface area contributed by atoms with E-state index >= 15 is 0 Å². The maximum Gasteiger partial charge on any atom is 0.371 e. The van der Waals surface area contributed by atoms with Crippen LogP contribution in [0, 0.1) is 0 Å². The standard InChI is InChI=1S/C11H8N2O4/c14-10(13-7-3-5-12-6-4-7)8-1-2-9(17-8)11(15)16/h1-6H,(H,15,16)(H,12,13,14). The predicted molar refractivity (Wildman–Crippen MR) is 57.9 cm³/mol. The molecule has 0 saturated heterocycles. The smallest absolute Gasteiger partial charge is 0.371 e. The second kappa shape index (κ2) is 4.48. The van der Waals surface area contributed by atoms with Gasteiger partial charge in [-0.3, -0.25) is 9.78 Å². The number of nitrogens with zero attached hydrogens (tertiary/aromatic N) is 1. The largest absolute Gasteiger partial charge is 0.475 e. The lowest BCUT2D eigenvalue weighted by Crippen LogP contribution is -2.10. The summed E-state index contributed by atoms with van der Waals surface area (Å²) in [4.78, 5) is 26.0. The van der Waals surface area contributed by atoms with Gasteiger partial charge >= 0.3 is 5.97 Å². The number of amides is 1. The Hall–Kier alpha value is -2.63. The van der Waals surface area contributed by atoms with Gasteiger partial charge < -0.3 is 14.8 Å². The Morgan fingerprint density at radius 3 is 2.35 bits per heavy atom. The maximum absolute atomic E-state index is 11.6. The molecule has 6 heteroatoms. The van der Waals surface area contributed by atoms with Gasteiger partial charge in [-0.2, -0.15) is 0 Å². The zero-order valence-electron chi connectivity index (χ0n) is 8.58. The van der Waals surface area contributed by atoms with Crippen molar-refractivity contribution in [3.63, 3.8) is 0 Å². The Labute approximate surface area is 95.9 Å². The lowest BCUT2D eigenvalue weighted by molar-refractivity contribution is 0.0660. The van der Waals surface area contributed by atoms with E-state index in [1.165, 1.54) is 24.5 Å². The van der Waals surface area contributed by atoms with E-state index in [0.29, 0.717) is 5.69 Å². The number of carbonyl (C=O) groups excluding carboxylic acids is 1. The Bertz CT molecular complexity index is 548. The van der Waals surface area contributed by atoms with Gasteiger partial charge in [0.05, 0.1) is 0 Å². The van der Waals surface area contributed by atoms with Crippen LogP contribution in [0.2, 0.25) is 0 Å². The van der Waals surface area contributed by atoms with E-state index in [4.69, 9.17) is 9.52 Å². The highest BCUT2D eigenvalue weighted by molar-refractivity contribution is 6.02. The first-order valence-electron chi connectivity index (χ1n) is 4.71. The number of carboxylic acid groups (broad SMARTS) is 1. The summed E-state index contributed by atoms with van der Waals surface area (Å²) in [5.41, 5.74) is 0.554. The first kappa shape index (κ1) is 10.9. The maximum atomic E-state index is 11.6. The van der Waals surface area contributed by atoms with E-state index in [-0.39, 0.29) is 11.5 Å². The molecule has 2 aromatic heterocycles. The number of aromatic carboxylic acids is 1. The summed E-state index contributed by atoms with van der Waals surface area (Å²) in [7, 11) is 0. The minimum absolute atomic E-state index is 0.0563. The number of pyridine rings is 1. The summed E-state index contributed by atoms with van der Waals surface area (Å²) < 4.78 is 4.85. The number of hydrogen-bond donors (Lipinski definition) is 2. The minimum atomic E-state index is -1.21. The Balaban J connectivity index is 2.12. The van der Waals surface area contributed by atoms with Crippen LogP contribution in [0.4, 0.5) is 5.69 Å². The summed E-state index contributed by atoms with van der Waals surface area (Å²) in [6.45, 7) is 0. The SMILES string of the molecule is O=C(O)c1ccc(C(=O)Nc2ccncc2)o1. The molecule has 0 unspecified atom stereocenters. The molecule has 0 bridgehead atoms. The van der Waals surface area contributed by atoms with Gasteiger partial charge in [-0.1, -0.05) is 0 Å². The van der Waals surface area contributed by atoms with E-state index in [2.05, 4.69) is 10.3 Å². The van der Waals surface area contributed by atoms with Crippen molar-refractivity contribution < 1.29 is 19.1 Å². The third-order valence-corrected chi connectivity index (χ3v) is 1.98. The molecule has 86 valence electrons. The van der Waals surface area contributed by atoms with Crippen LogP contribution in [-0.2, 0) is 0 Å². The van der Waals surface area contributed by atoms with Crippen LogP contribution >= 0.6 is 0 Å². The Kier molecular flexibility index (Phi) is 2.87. The normalized spacial score (nSPS) is 9.88. The number of hydrogen-bond acceptors (Lipinski definition) is 4. The molecule has 0 radical (unpaired) electrons. The zero-order valence-corrected chi connectivity index (χ0v) is 8.58. The number of nitrogens with one attached hydrogen (secondary N) is 1. The van der Waals surface area contributed by atoms with Crippen LogP contribution in [0.5, 0.6) is 0 Å². The molecular formula is C11H8N2O4. The lowest BCUT2D eigenvalue weighted by atomic mass is 10.3. The van der Waals surface area contributed by atoms with E-state index in [0.717, 1.165) is 0 Å². The number of furan rings is 1. The molecule has 2 rings (SSSR count). The van der Waals surface area contributed by atoms with Gasteiger partial charge in [-0.15, -0.1) is 0 Å². The molecule has 0 spiro atoms. The molecule has 2 N–H and O–H groups in total. The quantitative estimate of drug-likeness (QED) is 0.838. The van der Waals surface area contributed by atoms with E-state index < -0.39 is 11.9 Å². The van der Waals surface area contributed by atoms with Crippen LogP contribution in [0.15, 0.2) is 41.1 Å². The van der Waals surface area contributed by atoms with Crippen molar-refractivity contribution >= 4 is 17.6 Å². The highest BCUT2D eigenvalue weighted by atomic mass is 16.4. The fourth-order valence-electron chi connectivity index (χ4n) is 1.20. The third-order valence-electron chi connectivity index (χ3n) is 1.98. The van der Waals surface area contributed by atoms with Crippen molar-refractivity contribution in [2.45, 2.75) is 0 Å². The highest BCUT2D eigenvalue weighted by Crippen LogP contribution is 2.11. The summed E-state index contributed by atoms with van der Waals surface area (Å²) in [6.07, 6.45) is 3.06. The van der Waals surface area contributed by atoms with Gasteiger partial charge in [0.25, 0.3) is 5.91 Å². The van der Waals surface area contributed by atoms with Gasteiger partial charge in [0.1, 0.15) is 0 Å². The van der Waals surface area contributed by atoms with E-state index in [9.17, 15) is 9.59 Å². The number of rotatable bonds is 3. The average molecular weight is 232 g/mol. The topological polar surface area (TPSA) is 92.4 Å². The number of anilines is 1. The molecule has 0 saturated carbocycles. The first-order chi connectivity index (χ1) is 8.16. The number of carboxylic acids is 1. The molecule has 0 aromatic carbocycles. The first-order valence-corrected chi connectivity index (χ1v) is 4.71. The molecule has 17 heavy (non-hydrogen) atoms. The summed E-state index contributed by atoms with van der Waals surface area (Å²) in [6, 6.07) is 5.75. The van der Waals surface area contributed by atoms with Crippen LogP contribution in [0.25, 0.3) is 0 Å². The Morgan fingerprint density at radius 1 is 1.12 bits per heavy atom. The van der Waals surface area contributed by atoms with Crippen LogP contribution < -0.4 is 5.32 Å². The molecule has 2 aromatic rings. The van der Waals surface area contributed by atoms with Crippen molar-refractivity contribution in [2.75, 3.05) is 5.32 Å². The molecule has 2 heterocycles. The molecule has 0 aliphatic carbocycles. The fourth-order valence-corrected chi connectivity index (χ4v) is 1.20. The van der Waals surface area contributed by atoms with Crippen molar-refractivity contribution in [1.82, 2.24) is 4.98 Å². The monoisotopic (exact) mass is 232 g/mol. The molecule has 0 aliphatic heterocycles. The summed E-state index contributed by atoms with van der Waals surface area (Å²) in [5, 5.41) is 11.2. The molecule has 0 fully saturated rings. The van der Waals surface area contributed by atoms with Crippen molar-refractivity contribution in [3.05, 3.63) is 48.2 Å². The minimum Gasteiger partial charge on any atom is -0.475 e. The van der Waals surface area contributed by atoms with Crippen LogP contribution in [0.3, 0.4) is 0 Å². The predicted octanol–water partition coefficient (Wildman–Crippen LogP) is 1.63. The lowest BCUT2D eigenvalue weighted by Gasteiger charge is -2.01. The molecular weight excluding hydrogens is 224 g/mol. The van der Waals surface area contributed by atoms with E-state index in [1.54, 1.807) is 12.1 Å². The van der Waals surface area contributed by atoms with Gasteiger partial charge in [-0.05, 0) is 24.3 Å². The highest BCUT2D eigenvalue weighted by Gasteiger charge is 2.14. The Morgan fingerprint density at radius 2 is 1.76 bits per heavy atom. The molecule has 1 amide bonds. The fraction of sp³-hybridized carbons (Fsp3) is 0. The second-order valence-corrected chi connectivity index (χ2v) is 3.16. The molecule has 6 nitrogen and oxygen atoms in total. The van der Waals surface area contributed by atoms with E-state index in [1.807, 2.05) is 0 Å². The number of carbonyl (C=O) groups is 2. The zero-order chi connectivity index (χ0) is 12.3. The van der Waals surface area contributed by atoms with Crippen LogP contribution in [-0.4, -0.2) is 22.0 Å². The van der Waals surface area contributed by atoms with Crippen molar-refractivity contribution in [2.24, 2.45) is 0 Å².